The van der Waals surface area contributed by atoms with Gasteiger partial charge in [0.25, 0.3) is 5.76 Å². The van der Waals surface area contributed by atoms with Gasteiger partial charge in [0.15, 0.2) is 6.79 Å². The van der Waals surface area contributed by atoms with Gasteiger partial charge in [-0.05, 0) is 48.5 Å². The van der Waals surface area contributed by atoms with Gasteiger partial charge in [-0.2, -0.15) is 13.2 Å². The van der Waals surface area contributed by atoms with E-state index in [-0.39, 0.29) is 35.9 Å². The zero-order valence-corrected chi connectivity index (χ0v) is 19.9. The number of rotatable bonds is 6. The smallest absolute Gasteiger partial charge is 0.453 e. The topological polar surface area (TPSA) is 76.4 Å². The molecule has 0 saturated carbocycles. The average Bonchev–Trinajstić information content (AvgIpc) is 2.88. The molecule has 11 heteroatoms. The monoisotopic (exact) mass is 534 g/mol. The van der Waals surface area contributed by atoms with E-state index in [1.165, 1.54) is 49.6 Å². The number of alkyl halides is 3. The molecule has 4 aromatic rings. The van der Waals surface area contributed by atoms with E-state index < -0.39 is 23.1 Å². The summed E-state index contributed by atoms with van der Waals surface area (Å²) in [7, 11) is 1.44. The first-order chi connectivity index (χ1) is 17.7. The number of hydrogen-bond donors (Lipinski definition) is 0. The summed E-state index contributed by atoms with van der Waals surface area (Å²) in [4.78, 5) is 13.0. The van der Waals surface area contributed by atoms with E-state index in [1.807, 2.05) is 0 Å². The van der Waals surface area contributed by atoms with Gasteiger partial charge in [-0.25, -0.2) is 0 Å². The number of fused-ring (bicyclic) bond motifs is 2. The maximum Gasteiger partial charge on any atom is 0.453 e. The standard InChI is InChI=1S/C26H18ClF3O7/c1-32-17-2-4-18(5-3-17)36-24-22(31)20-7-6-19(10-21(20)37-25(24)26(28,29)30)34-12-15-9-16(27)8-14-11-33-13-35-23(14)15/h2-10H,11-13H2,1H3. The minimum absolute atomic E-state index is 0.00340. The fourth-order valence-corrected chi connectivity index (χ4v) is 4.08. The Hall–Kier alpha value is -3.89. The molecule has 2 heterocycles. The molecule has 7 nitrogen and oxygen atoms in total. The highest BCUT2D eigenvalue weighted by Gasteiger charge is 2.40. The molecule has 0 N–H and O–H groups in total. The fourth-order valence-electron chi connectivity index (χ4n) is 3.81. The summed E-state index contributed by atoms with van der Waals surface area (Å²) in [6.07, 6.45) is -4.99. The molecule has 0 atom stereocenters. The quantitative estimate of drug-likeness (QED) is 0.272. The van der Waals surface area contributed by atoms with Crippen LogP contribution in [0.25, 0.3) is 11.0 Å². The summed E-state index contributed by atoms with van der Waals surface area (Å²) in [6.45, 7) is 0.401. The second kappa shape index (κ2) is 9.87. The van der Waals surface area contributed by atoms with E-state index in [0.717, 1.165) is 5.56 Å². The van der Waals surface area contributed by atoms with Crippen molar-refractivity contribution in [2.75, 3.05) is 13.9 Å². The van der Waals surface area contributed by atoms with E-state index >= 15 is 0 Å². The molecule has 37 heavy (non-hydrogen) atoms. The number of hydrogen-bond acceptors (Lipinski definition) is 7. The lowest BCUT2D eigenvalue weighted by atomic mass is 10.1. The Morgan fingerprint density at radius 3 is 2.46 bits per heavy atom. The Morgan fingerprint density at radius 2 is 1.73 bits per heavy atom. The van der Waals surface area contributed by atoms with Gasteiger partial charge in [-0.15, -0.1) is 0 Å². The third-order valence-electron chi connectivity index (χ3n) is 5.51. The van der Waals surface area contributed by atoms with Crippen molar-refractivity contribution in [3.63, 3.8) is 0 Å². The summed E-state index contributed by atoms with van der Waals surface area (Å²) >= 11 is 6.17. The van der Waals surface area contributed by atoms with E-state index in [2.05, 4.69) is 0 Å². The Balaban J connectivity index is 1.48. The average molecular weight is 535 g/mol. The summed E-state index contributed by atoms with van der Waals surface area (Å²) in [5.41, 5.74) is 0.0931. The van der Waals surface area contributed by atoms with Crippen molar-refractivity contribution >= 4 is 22.6 Å². The van der Waals surface area contributed by atoms with E-state index in [4.69, 9.17) is 39.7 Å². The molecule has 0 amide bonds. The molecule has 0 aliphatic carbocycles. The Bertz CT molecular complexity index is 1510. The molecule has 0 bridgehead atoms. The summed E-state index contributed by atoms with van der Waals surface area (Å²) in [5.74, 6) is -1.30. The van der Waals surface area contributed by atoms with Crippen molar-refractivity contribution in [1.82, 2.24) is 0 Å². The molecule has 0 unspecified atom stereocenters. The molecule has 0 fully saturated rings. The zero-order valence-electron chi connectivity index (χ0n) is 19.2. The largest absolute Gasteiger partial charge is 0.497 e. The highest BCUT2D eigenvalue weighted by Crippen LogP contribution is 2.39. The Labute approximate surface area is 212 Å². The number of methoxy groups -OCH3 is 1. The van der Waals surface area contributed by atoms with Gasteiger partial charge in [0.05, 0.1) is 19.1 Å². The lowest BCUT2D eigenvalue weighted by Crippen LogP contribution is -2.15. The van der Waals surface area contributed by atoms with Crippen LogP contribution < -0.4 is 24.4 Å². The maximum absolute atomic E-state index is 13.8. The highest BCUT2D eigenvalue weighted by molar-refractivity contribution is 6.30. The fraction of sp³-hybridized carbons (Fsp3) is 0.192. The normalized spacial score (nSPS) is 13.1. The van der Waals surface area contributed by atoms with Gasteiger partial charge in [-0.1, -0.05) is 11.6 Å². The predicted octanol–water partition coefficient (Wildman–Crippen LogP) is 6.71. The van der Waals surface area contributed by atoms with Gasteiger partial charge in [0.1, 0.15) is 35.2 Å². The zero-order chi connectivity index (χ0) is 26.2. The number of benzene rings is 3. The van der Waals surface area contributed by atoms with E-state index in [0.29, 0.717) is 28.7 Å². The molecule has 0 saturated heterocycles. The lowest BCUT2D eigenvalue weighted by molar-refractivity contribution is -0.154. The molecule has 1 aliphatic rings. The first-order valence-electron chi connectivity index (χ1n) is 10.9. The van der Waals surface area contributed by atoms with Crippen LogP contribution in [0.2, 0.25) is 5.02 Å². The third-order valence-corrected chi connectivity index (χ3v) is 5.72. The van der Waals surface area contributed by atoms with Gasteiger partial charge in [0, 0.05) is 22.2 Å². The molecule has 0 spiro atoms. The van der Waals surface area contributed by atoms with Crippen LogP contribution in [-0.2, 0) is 24.1 Å². The molecule has 1 aliphatic heterocycles. The maximum atomic E-state index is 13.8. The lowest BCUT2D eigenvalue weighted by Gasteiger charge is -2.21. The van der Waals surface area contributed by atoms with Crippen LogP contribution in [0.15, 0.2) is 63.8 Å². The second-order valence-electron chi connectivity index (χ2n) is 7.98. The van der Waals surface area contributed by atoms with Crippen LogP contribution in [0.1, 0.15) is 16.9 Å². The molecule has 0 radical (unpaired) electrons. The summed E-state index contributed by atoms with van der Waals surface area (Å²) in [5, 5.41) is 0.347. The van der Waals surface area contributed by atoms with Gasteiger partial charge >= 0.3 is 6.18 Å². The highest BCUT2D eigenvalue weighted by atomic mass is 35.5. The van der Waals surface area contributed by atoms with Gasteiger partial charge < -0.3 is 28.1 Å². The SMILES string of the molecule is COc1ccc(Oc2c(C(F)(F)F)oc3cc(OCc4cc(Cl)cc5c4OCOC5)ccc3c2=O)cc1. The van der Waals surface area contributed by atoms with Crippen LogP contribution >= 0.6 is 11.6 Å². The van der Waals surface area contributed by atoms with Gasteiger partial charge in [-0.3, -0.25) is 4.79 Å². The second-order valence-corrected chi connectivity index (χ2v) is 8.41. The molecular formula is C26H18ClF3O7. The minimum atomic E-state index is -4.99. The Morgan fingerprint density at radius 1 is 1.00 bits per heavy atom. The van der Waals surface area contributed by atoms with E-state index in [1.54, 1.807) is 12.1 Å². The summed E-state index contributed by atoms with van der Waals surface area (Å²) in [6, 6.07) is 13.1. The van der Waals surface area contributed by atoms with Crippen molar-refractivity contribution in [2.45, 2.75) is 19.4 Å². The Kier molecular flexibility index (Phi) is 6.61. The third kappa shape index (κ3) is 5.16. The predicted molar refractivity (Wildman–Crippen MR) is 127 cm³/mol. The number of ether oxygens (including phenoxy) is 5. The van der Waals surface area contributed by atoms with Crippen LogP contribution in [0.4, 0.5) is 13.2 Å². The molecular weight excluding hydrogens is 517 g/mol. The van der Waals surface area contributed by atoms with Crippen LogP contribution in [0, 0.1) is 0 Å². The molecule has 192 valence electrons. The molecule has 3 aromatic carbocycles. The first-order valence-corrected chi connectivity index (χ1v) is 11.3. The number of halogens is 4. The van der Waals surface area contributed by atoms with Crippen molar-refractivity contribution in [1.29, 1.82) is 0 Å². The van der Waals surface area contributed by atoms with Crippen LogP contribution in [0.3, 0.4) is 0 Å². The van der Waals surface area contributed by atoms with Crippen LogP contribution in [0.5, 0.6) is 28.7 Å². The minimum Gasteiger partial charge on any atom is -0.497 e. The van der Waals surface area contributed by atoms with Crippen molar-refractivity contribution in [3.8, 4) is 28.7 Å². The van der Waals surface area contributed by atoms with Crippen molar-refractivity contribution in [2.24, 2.45) is 0 Å². The summed E-state index contributed by atoms with van der Waals surface area (Å²) < 4.78 is 73.6. The van der Waals surface area contributed by atoms with E-state index in [9.17, 15) is 18.0 Å². The molecule has 5 rings (SSSR count). The van der Waals surface area contributed by atoms with Crippen LogP contribution in [-0.4, -0.2) is 13.9 Å². The molecule has 1 aromatic heterocycles. The van der Waals surface area contributed by atoms with Crippen molar-refractivity contribution in [3.05, 3.63) is 86.7 Å². The van der Waals surface area contributed by atoms with Gasteiger partial charge in [0.2, 0.25) is 11.2 Å². The first kappa shape index (κ1) is 24.8. The van der Waals surface area contributed by atoms with Crippen molar-refractivity contribution < 1.29 is 41.3 Å².